The molecule has 0 saturated carbocycles. The van der Waals surface area contributed by atoms with Gasteiger partial charge in [0, 0.05) is 24.4 Å². The molecule has 4 aromatic rings. The predicted octanol–water partition coefficient (Wildman–Crippen LogP) is 4.24. The molecule has 2 aromatic carbocycles. The Bertz CT molecular complexity index is 1360. The van der Waals surface area contributed by atoms with Gasteiger partial charge in [-0.3, -0.25) is 9.97 Å². The molecule has 0 bridgehead atoms. The van der Waals surface area contributed by atoms with E-state index < -0.39 is 16.1 Å². The number of ether oxygens (including phenoxy) is 1. The van der Waals surface area contributed by atoms with Gasteiger partial charge in [0.2, 0.25) is 0 Å². The topological polar surface area (TPSA) is 84.8 Å². The predicted molar refractivity (Wildman–Crippen MR) is 120 cm³/mol. The van der Waals surface area contributed by atoms with Crippen LogP contribution in [0, 0.1) is 0 Å². The van der Waals surface area contributed by atoms with Gasteiger partial charge in [-0.05, 0) is 41.8 Å². The number of hydrazone groups is 1. The van der Waals surface area contributed by atoms with Crippen LogP contribution in [0.3, 0.4) is 0 Å². The van der Waals surface area contributed by atoms with Crippen LogP contribution in [0.1, 0.15) is 22.9 Å². The molecule has 31 heavy (non-hydrogen) atoms. The highest BCUT2D eigenvalue weighted by atomic mass is 32.2. The van der Waals surface area contributed by atoms with Crippen LogP contribution in [0.25, 0.3) is 11.0 Å². The Hall–Kier alpha value is -3.30. The van der Waals surface area contributed by atoms with Crippen LogP contribution in [0.2, 0.25) is 0 Å². The van der Waals surface area contributed by atoms with Crippen molar-refractivity contribution in [3.05, 3.63) is 82.8 Å². The molecule has 0 spiro atoms. The zero-order valence-electron chi connectivity index (χ0n) is 16.5. The van der Waals surface area contributed by atoms with Crippen LogP contribution in [0.5, 0.6) is 5.75 Å². The van der Waals surface area contributed by atoms with Crippen molar-refractivity contribution in [1.29, 1.82) is 0 Å². The fourth-order valence-corrected chi connectivity index (χ4v) is 5.82. The van der Waals surface area contributed by atoms with Crippen molar-refractivity contribution in [1.82, 2.24) is 14.4 Å². The van der Waals surface area contributed by atoms with Gasteiger partial charge in [0.05, 0.1) is 39.7 Å². The quantitative estimate of drug-likeness (QED) is 0.454. The van der Waals surface area contributed by atoms with E-state index in [1.165, 1.54) is 27.9 Å². The maximum absolute atomic E-state index is 13.6. The first kappa shape index (κ1) is 19.7. The van der Waals surface area contributed by atoms with Crippen molar-refractivity contribution in [2.45, 2.75) is 17.4 Å². The summed E-state index contributed by atoms with van der Waals surface area (Å²) in [4.78, 5) is 9.94. The van der Waals surface area contributed by atoms with E-state index in [-0.39, 0.29) is 4.90 Å². The van der Waals surface area contributed by atoms with Gasteiger partial charge in [-0.1, -0.05) is 18.2 Å². The minimum Gasteiger partial charge on any atom is -0.497 e. The highest BCUT2D eigenvalue weighted by molar-refractivity contribution is 7.89. The van der Waals surface area contributed by atoms with E-state index in [0.717, 1.165) is 16.2 Å². The summed E-state index contributed by atoms with van der Waals surface area (Å²) in [6, 6.07) is 15.3. The third-order valence-corrected chi connectivity index (χ3v) is 7.79. The summed E-state index contributed by atoms with van der Waals surface area (Å²) in [5, 5.41) is 6.53. The second-order valence-electron chi connectivity index (χ2n) is 6.97. The molecule has 9 heteroatoms. The summed E-state index contributed by atoms with van der Waals surface area (Å²) in [7, 11) is -2.37. The molecule has 3 heterocycles. The Kier molecular flexibility index (Phi) is 4.91. The fourth-order valence-electron chi connectivity index (χ4n) is 3.67. The number of aromatic nitrogens is 2. The lowest BCUT2D eigenvalue weighted by atomic mass is 10.0. The van der Waals surface area contributed by atoms with E-state index in [2.05, 4.69) is 15.1 Å². The summed E-state index contributed by atoms with van der Waals surface area (Å²) < 4.78 is 33.6. The number of hydrogen-bond acceptors (Lipinski definition) is 7. The van der Waals surface area contributed by atoms with Crippen LogP contribution in [0.4, 0.5) is 0 Å². The fraction of sp³-hybridized carbons (Fsp3) is 0.136. The van der Waals surface area contributed by atoms with E-state index in [0.29, 0.717) is 23.2 Å². The molecule has 156 valence electrons. The first-order chi connectivity index (χ1) is 15.1. The molecule has 0 saturated heterocycles. The van der Waals surface area contributed by atoms with Crippen LogP contribution in [0.15, 0.2) is 82.4 Å². The van der Waals surface area contributed by atoms with Crippen LogP contribution < -0.4 is 4.74 Å². The van der Waals surface area contributed by atoms with Crippen molar-refractivity contribution >= 4 is 38.1 Å². The Morgan fingerprint density at radius 2 is 1.84 bits per heavy atom. The maximum atomic E-state index is 13.6. The average molecular weight is 451 g/mol. The Morgan fingerprint density at radius 1 is 1.03 bits per heavy atom. The summed E-state index contributed by atoms with van der Waals surface area (Å²) in [5.41, 5.74) is 2.90. The number of methoxy groups -OCH3 is 1. The average Bonchev–Trinajstić information content (AvgIpc) is 3.49. The molecule has 7 nitrogen and oxygen atoms in total. The maximum Gasteiger partial charge on any atom is 0.279 e. The molecular formula is C22H18N4O3S2. The molecule has 0 fully saturated rings. The first-order valence-electron chi connectivity index (χ1n) is 9.57. The normalized spacial score (nSPS) is 16.5. The molecule has 0 radical (unpaired) electrons. The second kappa shape index (κ2) is 7.75. The second-order valence-corrected chi connectivity index (χ2v) is 9.71. The van der Waals surface area contributed by atoms with E-state index >= 15 is 0 Å². The number of sulfonamides is 1. The van der Waals surface area contributed by atoms with Crippen LogP contribution in [-0.2, 0) is 10.0 Å². The minimum atomic E-state index is -3.91. The summed E-state index contributed by atoms with van der Waals surface area (Å²) in [6.07, 6.45) is 3.69. The number of nitrogens with zero attached hydrogens (tertiary/aromatic N) is 4. The molecular weight excluding hydrogens is 432 g/mol. The van der Waals surface area contributed by atoms with E-state index in [1.54, 1.807) is 31.6 Å². The van der Waals surface area contributed by atoms with Crippen molar-refractivity contribution in [3.63, 3.8) is 0 Å². The standard InChI is InChI=1S/C22H18N4O3S2/c1-29-15-7-9-16(10-8-15)31(27,28)26-20(14-19(25-26)21-6-3-13-30-21)17-4-2-5-18-22(17)24-12-11-23-18/h2-13,20H,14H2,1H3. The highest BCUT2D eigenvalue weighted by Crippen LogP contribution is 2.39. The van der Waals surface area contributed by atoms with Gasteiger partial charge in [0.25, 0.3) is 10.0 Å². The van der Waals surface area contributed by atoms with Gasteiger partial charge in [-0.15, -0.1) is 11.3 Å². The van der Waals surface area contributed by atoms with E-state index in [4.69, 9.17) is 4.74 Å². The van der Waals surface area contributed by atoms with Gasteiger partial charge >= 0.3 is 0 Å². The Labute approximate surface area is 183 Å². The molecule has 5 rings (SSSR count). The zero-order chi connectivity index (χ0) is 21.4. The monoisotopic (exact) mass is 450 g/mol. The number of hydrogen-bond donors (Lipinski definition) is 0. The van der Waals surface area contributed by atoms with Gasteiger partial charge in [-0.25, -0.2) is 0 Å². The number of fused-ring (bicyclic) bond motifs is 1. The zero-order valence-corrected chi connectivity index (χ0v) is 18.2. The SMILES string of the molecule is COc1ccc(S(=O)(=O)N2N=C(c3cccs3)CC2c2cccc3nccnc23)cc1. The summed E-state index contributed by atoms with van der Waals surface area (Å²) in [6.45, 7) is 0. The lowest BCUT2D eigenvalue weighted by Gasteiger charge is -2.24. The number of para-hydroxylation sites is 1. The Morgan fingerprint density at radius 3 is 2.58 bits per heavy atom. The molecule has 0 amide bonds. The smallest absolute Gasteiger partial charge is 0.279 e. The molecule has 1 atom stereocenters. The van der Waals surface area contributed by atoms with Crippen molar-refractivity contribution < 1.29 is 13.2 Å². The molecule has 0 N–H and O–H groups in total. The lowest BCUT2D eigenvalue weighted by molar-refractivity contribution is 0.372. The minimum absolute atomic E-state index is 0.154. The summed E-state index contributed by atoms with van der Waals surface area (Å²) >= 11 is 1.54. The highest BCUT2D eigenvalue weighted by Gasteiger charge is 2.39. The lowest BCUT2D eigenvalue weighted by Crippen LogP contribution is -2.27. The summed E-state index contributed by atoms with van der Waals surface area (Å²) in [5.74, 6) is 0.587. The third-order valence-electron chi connectivity index (χ3n) is 5.17. The molecule has 1 aliphatic heterocycles. The first-order valence-corrected chi connectivity index (χ1v) is 11.9. The number of benzene rings is 2. The third kappa shape index (κ3) is 3.45. The van der Waals surface area contributed by atoms with Gasteiger partial charge in [0.15, 0.2) is 0 Å². The molecule has 2 aromatic heterocycles. The largest absolute Gasteiger partial charge is 0.497 e. The van der Waals surface area contributed by atoms with Crippen molar-refractivity contribution in [2.24, 2.45) is 5.10 Å². The van der Waals surface area contributed by atoms with Gasteiger partial charge < -0.3 is 4.74 Å². The van der Waals surface area contributed by atoms with Gasteiger partial charge in [-0.2, -0.15) is 17.9 Å². The van der Waals surface area contributed by atoms with Crippen LogP contribution >= 0.6 is 11.3 Å². The Balaban J connectivity index is 1.64. The molecule has 1 aliphatic rings. The van der Waals surface area contributed by atoms with E-state index in [9.17, 15) is 8.42 Å². The van der Waals surface area contributed by atoms with Crippen LogP contribution in [-0.4, -0.2) is 35.6 Å². The van der Waals surface area contributed by atoms with Crippen molar-refractivity contribution in [3.8, 4) is 5.75 Å². The van der Waals surface area contributed by atoms with E-state index in [1.807, 2.05) is 35.7 Å². The number of thiophene rings is 1. The van der Waals surface area contributed by atoms with Crippen molar-refractivity contribution in [2.75, 3.05) is 7.11 Å². The molecule has 1 unspecified atom stereocenters. The number of rotatable bonds is 5. The molecule has 0 aliphatic carbocycles. The van der Waals surface area contributed by atoms with Gasteiger partial charge in [0.1, 0.15) is 5.75 Å².